The fraction of sp³-hybridized carbons (Fsp3) is 0.455. The van der Waals surface area contributed by atoms with Crippen LogP contribution in [-0.4, -0.2) is 34.2 Å². The topological polar surface area (TPSA) is 42.3 Å². The largest absolute Gasteiger partial charge is 0.347 e. The molecule has 0 radical (unpaired) electrons. The van der Waals surface area contributed by atoms with Gasteiger partial charge in [0.15, 0.2) is 0 Å². The number of amides is 1. The molecule has 1 aliphatic heterocycles. The Morgan fingerprint density at radius 3 is 3.00 bits per heavy atom. The maximum Gasteiger partial charge on any atom is 0.271 e. The minimum Gasteiger partial charge on any atom is -0.347 e. The number of hydrogen-bond donors (Lipinski definition) is 0. The van der Waals surface area contributed by atoms with Crippen molar-refractivity contribution in [2.75, 3.05) is 6.54 Å². The summed E-state index contributed by atoms with van der Waals surface area (Å²) in [5.41, 5.74) is 0.642. The number of rotatable bonds is 2. The SMILES string of the molecule is Cn1cccc1C(=O)N1CCCC1C=O. The van der Waals surface area contributed by atoms with Crippen LogP contribution in [0.2, 0.25) is 0 Å². The molecule has 4 heteroatoms. The molecule has 4 nitrogen and oxygen atoms in total. The fourth-order valence-corrected chi connectivity index (χ4v) is 2.02. The van der Waals surface area contributed by atoms with E-state index in [1.165, 1.54) is 0 Å². The molecule has 1 amide bonds. The van der Waals surface area contributed by atoms with Crippen molar-refractivity contribution in [2.24, 2.45) is 7.05 Å². The maximum atomic E-state index is 12.0. The van der Waals surface area contributed by atoms with Crippen LogP contribution >= 0.6 is 0 Å². The average Bonchev–Trinajstić information content (AvgIpc) is 2.84. The zero-order valence-corrected chi connectivity index (χ0v) is 8.72. The predicted octanol–water partition coefficient (Wildman–Crippen LogP) is 0.829. The summed E-state index contributed by atoms with van der Waals surface area (Å²) in [4.78, 5) is 24.5. The average molecular weight is 206 g/mol. The standard InChI is InChI=1S/C11H14N2O2/c1-12-6-3-5-10(12)11(15)13-7-2-4-9(13)8-14/h3,5-6,8-9H,2,4,7H2,1H3. The Hall–Kier alpha value is -1.58. The maximum absolute atomic E-state index is 12.0. The Bertz CT molecular complexity index is 384. The molecule has 0 spiro atoms. The minimum absolute atomic E-state index is 0.0444. The molecule has 0 bridgehead atoms. The van der Waals surface area contributed by atoms with Crippen LogP contribution in [0.1, 0.15) is 23.3 Å². The lowest BCUT2D eigenvalue weighted by Gasteiger charge is -2.20. The Kier molecular flexibility index (Phi) is 2.58. The van der Waals surface area contributed by atoms with Gasteiger partial charge < -0.3 is 14.3 Å². The summed E-state index contributed by atoms with van der Waals surface area (Å²) in [6.45, 7) is 0.688. The molecule has 1 fully saturated rings. The van der Waals surface area contributed by atoms with E-state index in [-0.39, 0.29) is 11.9 Å². The van der Waals surface area contributed by atoms with E-state index in [1.807, 2.05) is 19.3 Å². The highest BCUT2D eigenvalue weighted by molar-refractivity contribution is 5.94. The normalized spacial score (nSPS) is 20.6. The minimum atomic E-state index is -0.229. The number of aldehydes is 1. The Morgan fingerprint density at radius 1 is 1.60 bits per heavy atom. The highest BCUT2D eigenvalue weighted by Crippen LogP contribution is 2.18. The molecule has 1 atom stereocenters. The number of aryl methyl sites for hydroxylation is 1. The molecular formula is C11H14N2O2. The molecule has 15 heavy (non-hydrogen) atoms. The fourth-order valence-electron chi connectivity index (χ4n) is 2.02. The summed E-state index contributed by atoms with van der Waals surface area (Å²) in [5.74, 6) is -0.0444. The van der Waals surface area contributed by atoms with E-state index in [9.17, 15) is 9.59 Å². The molecule has 0 saturated carbocycles. The third-order valence-electron chi connectivity index (χ3n) is 2.88. The third-order valence-corrected chi connectivity index (χ3v) is 2.88. The molecule has 2 rings (SSSR count). The Balaban J connectivity index is 2.21. The molecule has 1 saturated heterocycles. The van der Waals surface area contributed by atoms with Crippen LogP contribution < -0.4 is 0 Å². The first-order chi connectivity index (χ1) is 7.24. The summed E-state index contributed by atoms with van der Waals surface area (Å²) in [5, 5.41) is 0. The number of carbonyl (C=O) groups excluding carboxylic acids is 2. The van der Waals surface area contributed by atoms with Crippen molar-refractivity contribution in [3.05, 3.63) is 24.0 Å². The van der Waals surface area contributed by atoms with Gasteiger partial charge in [-0.25, -0.2) is 0 Å². The van der Waals surface area contributed by atoms with Crippen LogP contribution in [0.15, 0.2) is 18.3 Å². The molecular weight excluding hydrogens is 192 g/mol. The van der Waals surface area contributed by atoms with Crippen molar-refractivity contribution in [1.82, 2.24) is 9.47 Å². The summed E-state index contributed by atoms with van der Waals surface area (Å²) >= 11 is 0. The van der Waals surface area contributed by atoms with Gasteiger partial charge >= 0.3 is 0 Å². The second-order valence-electron chi connectivity index (χ2n) is 3.85. The van der Waals surface area contributed by atoms with Crippen molar-refractivity contribution >= 4 is 12.2 Å². The van der Waals surface area contributed by atoms with Crippen molar-refractivity contribution in [1.29, 1.82) is 0 Å². The van der Waals surface area contributed by atoms with Crippen LogP contribution in [0.25, 0.3) is 0 Å². The van der Waals surface area contributed by atoms with Crippen molar-refractivity contribution < 1.29 is 9.59 Å². The molecule has 0 N–H and O–H groups in total. The quantitative estimate of drug-likeness (QED) is 0.672. The van der Waals surface area contributed by atoms with E-state index in [0.717, 1.165) is 19.1 Å². The van der Waals surface area contributed by atoms with E-state index >= 15 is 0 Å². The summed E-state index contributed by atoms with van der Waals surface area (Å²) in [6.07, 6.45) is 4.41. The van der Waals surface area contributed by atoms with Gasteiger partial charge in [0.1, 0.15) is 12.0 Å². The summed E-state index contributed by atoms with van der Waals surface area (Å²) in [6, 6.07) is 3.38. The predicted molar refractivity (Wildman–Crippen MR) is 55.5 cm³/mol. The molecule has 1 aromatic rings. The second-order valence-corrected chi connectivity index (χ2v) is 3.85. The van der Waals surface area contributed by atoms with Crippen LogP contribution in [0.3, 0.4) is 0 Å². The van der Waals surface area contributed by atoms with E-state index in [4.69, 9.17) is 0 Å². The van der Waals surface area contributed by atoms with Gasteiger partial charge in [-0.1, -0.05) is 0 Å². The van der Waals surface area contributed by atoms with E-state index in [1.54, 1.807) is 15.5 Å². The molecule has 2 heterocycles. The first-order valence-electron chi connectivity index (χ1n) is 5.11. The lowest BCUT2D eigenvalue weighted by atomic mass is 10.2. The van der Waals surface area contributed by atoms with Crippen LogP contribution in [0.4, 0.5) is 0 Å². The van der Waals surface area contributed by atoms with Gasteiger partial charge in [0.25, 0.3) is 5.91 Å². The van der Waals surface area contributed by atoms with Crippen LogP contribution in [0.5, 0.6) is 0 Å². The Morgan fingerprint density at radius 2 is 2.40 bits per heavy atom. The van der Waals surface area contributed by atoms with Gasteiger partial charge in [-0.3, -0.25) is 4.79 Å². The van der Waals surface area contributed by atoms with E-state index in [0.29, 0.717) is 12.2 Å². The molecule has 80 valence electrons. The van der Waals surface area contributed by atoms with Crippen LogP contribution in [-0.2, 0) is 11.8 Å². The Labute approximate surface area is 88.5 Å². The molecule has 1 aromatic heterocycles. The van der Waals surface area contributed by atoms with Gasteiger partial charge in [-0.15, -0.1) is 0 Å². The first-order valence-corrected chi connectivity index (χ1v) is 5.11. The van der Waals surface area contributed by atoms with Gasteiger partial charge in [-0.2, -0.15) is 0 Å². The highest BCUT2D eigenvalue weighted by atomic mass is 16.2. The molecule has 1 unspecified atom stereocenters. The smallest absolute Gasteiger partial charge is 0.271 e. The summed E-state index contributed by atoms with van der Waals surface area (Å²) in [7, 11) is 1.83. The van der Waals surface area contributed by atoms with E-state index in [2.05, 4.69) is 0 Å². The third kappa shape index (κ3) is 1.67. The van der Waals surface area contributed by atoms with Crippen molar-refractivity contribution in [3.8, 4) is 0 Å². The second kappa shape index (κ2) is 3.88. The lowest BCUT2D eigenvalue weighted by Crippen LogP contribution is -2.37. The van der Waals surface area contributed by atoms with Gasteiger partial charge in [0.2, 0.25) is 0 Å². The molecule has 1 aliphatic rings. The number of likely N-dealkylation sites (tertiary alicyclic amines) is 1. The number of aromatic nitrogens is 1. The van der Waals surface area contributed by atoms with Gasteiger partial charge in [-0.05, 0) is 25.0 Å². The number of carbonyl (C=O) groups is 2. The monoisotopic (exact) mass is 206 g/mol. The first kappa shape index (κ1) is 9.96. The molecule has 0 aliphatic carbocycles. The van der Waals surface area contributed by atoms with Crippen LogP contribution in [0, 0.1) is 0 Å². The van der Waals surface area contributed by atoms with E-state index < -0.39 is 0 Å². The summed E-state index contributed by atoms with van der Waals surface area (Å²) < 4.78 is 1.78. The van der Waals surface area contributed by atoms with Crippen molar-refractivity contribution in [3.63, 3.8) is 0 Å². The van der Waals surface area contributed by atoms with Gasteiger partial charge in [0.05, 0.1) is 6.04 Å². The number of nitrogens with zero attached hydrogens (tertiary/aromatic N) is 2. The zero-order chi connectivity index (χ0) is 10.8. The highest BCUT2D eigenvalue weighted by Gasteiger charge is 2.29. The number of hydrogen-bond acceptors (Lipinski definition) is 2. The van der Waals surface area contributed by atoms with Gasteiger partial charge in [0, 0.05) is 19.8 Å². The zero-order valence-electron chi connectivity index (χ0n) is 8.72. The lowest BCUT2D eigenvalue weighted by molar-refractivity contribution is -0.111. The van der Waals surface area contributed by atoms with Crippen molar-refractivity contribution in [2.45, 2.75) is 18.9 Å². The molecule has 0 aromatic carbocycles.